The average molecular weight is 1340 g/mol. The number of carbonyl (C=O) groups excluding carboxylic acids is 2. The molecule has 0 radical (unpaired) electrons. The third kappa shape index (κ3) is 80.9. The quantitative estimate of drug-likeness (QED) is 0.0320. The Morgan fingerprint density at radius 1 is 0.284 bits per heavy atom. The number of rotatable bonds is 83. The van der Waals surface area contributed by atoms with E-state index in [0.29, 0.717) is 19.4 Å². The van der Waals surface area contributed by atoms with E-state index >= 15 is 0 Å². The lowest BCUT2D eigenvalue weighted by atomic mass is 10.0. The Hall–Kier alpha value is -1.92. The lowest BCUT2D eigenvalue weighted by Crippen LogP contribution is -2.45. The minimum atomic E-state index is -0.844. The molecule has 1 amide bonds. The molecule has 2 atom stereocenters. The molecule has 0 aliphatic rings. The monoisotopic (exact) mass is 1330 g/mol. The first-order chi connectivity index (χ1) is 47.0. The number of amides is 1. The molecule has 95 heavy (non-hydrogen) atoms. The highest BCUT2D eigenvalue weighted by molar-refractivity contribution is 5.76. The second-order valence-corrected chi connectivity index (χ2v) is 30.2. The predicted octanol–water partition coefficient (Wildman–Crippen LogP) is 29.3. The Morgan fingerprint density at radius 2 is 0.495 bits per heavy atom. The zero-order valence-corrected chi connectivity index (χ0v) is 64.7. The van der Waals surface area contributed by atoms with Crippen molar-refractivity contribution in [3.63, 3.8) is 0 Å². The highest BCUT2D eigenvalue weighted by Gasteiger charge is 2.18. The van der Waals surface area contributed by atoms with Crippen molar-refractivity contribution in [2.45, 2.75) is 508 Å². The van der Waals surface area contributed by atoms with Gasteiger partial charge in [0.2, 0.25) is 5.91 Å². The maximum absolute atomic E-state index is 12.6. The van der Waals surface area contributed by atoms with E-state index in [9.17, 15) is 19.8 Å². The van der Waals surface area contributed by atoms with E-state index in [0.717, 1.165) is 38.5 Å². The summed E-state index contributed by atoms with van der Waals surface area (Å²) in [6.45, 7) is 4.96. The van der Waals surface area contributed by atoms with Gasteiger partial charge in [0.1, 0.15) is 0 Å². The van der Waals surface area contributed by atoms with Gasteiger partial charge in [-0.15, -0.1) is 0 Å². The molecule has 0 aromatic rings. The van der Waals surface area contributed by atoms with Gasteiger partial charge >= 0.3 is 5.97 Å². The van der Waals surface area contributed by atoms with E-state index in [-0.39, 0.29) is 18.5 Å². The van der Waals surface area contributed by atoms with E-state index in [1.807, 2.05) is 6.08 Å². The Bertz CT molecular complexity index is 1540. The van der Waals surface area contributed by atoms with Crippen LogP contribution in [0, 0.1) is 0 Å². The van der Waals surface area contributed by atoms with Crippen LogP contribution in [0.5, 0.6) is 0 Å². The first kappa shape index (κ1) is 93.1. The summed E-state index contributed by atoms with van der Waals surface area (Å²) in [6.07, 6.45) is 112. The Morgan fingerprint density at radius 3 is 0.747 bits per heavy atom. The number of hydrogen-bond donors (Lipinski definition) is 3. The van der Waals surface area contributed by atoms with Crippen LogP contribution < -0.4 is 5.32 Å². The number of aliphatic hydroxyl groups excluding tert-OH is 2. The molecule has 0 aliphatic heterocycles. The maximum atomic E-state index is 12.6. The molecule has 0 aliphatic carbocycles. The van der Waals surface area contributed by atoms with Crippen molar-refractivity contribution in [3.05, 3.63) is 36.5 Å². The van der Waals surface area contributed by atoms with Crippen LogP contribution >= 0.6 is 0 Å². The van der Waals surface area contributed by atoms with Gasteiger partial charge in [0.05, 0.1) is 25.4 Å². The van der Waals surface area contributed by atoms with Crippen molar-refractivity contribution in [2.24, 2.45) is 0 Å². The molecular weight excluding hydrogens is 1160 g/mol. The van der Waals surface area contributed by atoms with Gasteiger partial charge in [0, 0.05) is 12.8 Å². The standard InChI is InChI=1S/C89H171NO5/c1-3-5-7-9-11-13-15-17-19-21-23-24-25-39-42-46-49-53-57-61-65-69-73-77-81-87(92)86(85-91)90-88(93)82-78-74-70-66-62-58-54-50-47-43-40-37-35-33-31-29-27-26-28-30-32-34-36-38-41-44-48-52-56-60-64-68-72-76-80-84-95-89(94)83-79-75-71-67-63-59-55-51-45-22-20-18-16-14-12-10-8-6-4-2/h18,20,28,30,77,81,86-87,91-92H,3-17,19,21-27,29,31-76,78-80,82-85H2,1-2H3,(H,90,93)/b20-18-,30-28-,81-77+. The maximum Gasteiger partial charge on any atom is 0.305 e. The molecule has 0 saturated heterocycles. The number of aliphatic hydroxyl groups is 2. The number of unbranched alkanes of at least 4 members (excludes halogenated alkanes) is 68. The van der Waals surface area contributed by atoms with Gasteiger partial charge in [-0.1, -0.05) is 436 Å². The van der Waals surface area contributed by atoms with Gasteiger partial charge in [-0.05, 0) is 83.5 Å². The second kappa shape index (κ2) is 84.5. The number of carbonyl (C=O) groups is 2. The predicted molar refractivity (Wildman–Crippen MR) is 421 cm³/mol. The summed E-state index contributed by atoms with van der Waals surface area (Å²) >= 11 is 0. The summed E-state index contributed by atoms with van der Waals surface area (Å²) in [4.78, 5) is 24.7. The number of allylic oxidation sites excluding steroid dienone is 5. The van der Waals surface area contributed by atoms with Crippen LogP contribution in [0.1, 0.15) is 495 Å². The largest absolute Gasteiger partial charge is 0.466 e. The van der Waals surface area contributed by atoms with Crippen LogP contribution in [0.2, 0.25) is 0 Å². The molecule has 3 N–H and O–H groups in total. The number of nitrogens with one attached hydrogen (secondary N) is 1. The Balaban J connectivity index is 3.35. The van der Waals surface area contributed by atoms with Gasteiger partial charge in [0.15, 0.2) is 0 Å². The second-order valence-electron chi connectivity index (χ2n) is 30.2. The topological polar surface area (TPSA) is 95.9 Å². The molecule has 0 aromatic carbocycles. The molecule has 0 bridgehead atoms. The zero-order valence-electron chi connectivity index (χ0n) is 64.7. The van der Waals surface area contributed by atoms with E-state index in [2.05, 4.69) is 43.5 Å². The molecule has 0 aromatic heterocycles. The van der Waals surface area contributed by atoms with Crippen molar-refractivity contribution < 1.29 is 24.5 Å². The fourth-order valence-electron chi connectivity index (χ4n) is 14.0. The van der Waals surface area contributed by atoms with Crippen LogP contribution in [0.25, 0.3) is 0 Å². The minimum absolute atomic E-state index is 0.0206. The van der Waals surface area contributed by atoms with Crippen molar-refractivity contribution in [1.29, 1.82) is 0 Å². The molecular formula is C89H171NO5. The van der Waals surface area contributed by atoms with Gasteiger partial charge in [-0.25, -0.2) is 0 Å². The Kier molecular flexibility index (Phi) is 82.8. The van der Waals surface area contributed by atoms with E-state index in [1.165, 1.54) is 430 Å². The van der Waals surface area contributed by atoms with Gasteiger partial charge < -0.3 is 20.3 Å². The fraction of sp³-hybridized carbons (Fsp3) is 0.910. The summed E-state index contributed by atoms with van der Waals surface area (Å²) in [6, 6.07) is -0.627. The van der Waals surface area contributed by atoms with Crippen molar-refractivity contribution in [3.8, 4) is 0 Å². The molecule has 6 heteroatoms. The van der Waals surface area contributed by atoms with Crippen LogP contribution in [-0.4, -0.2) is 47.4 Å². The average Bonchev–Trinajstić information content (AvgIpc) is 2.97. The van der Waals surface area contributed by atoms with Crippen molar-refractivity contribution in [2.75, 3.05) is 13.2 Å². The Labute approximate surface area is 595 Å². The smallest absolute Gasteiger partial charge is 0.305 e. The lowest BCUT2D eigenvalue weighted by Gasteiger charge is -2.20. The molecule has 0 saturated carbocycles. The number of hydrogen-bond acceptors (Lipinski definition) is 5. The van der Waals surface area contributed by atoms with Gasteiger partial charge in [0.25, 0.3) is 0 Å². The zero-order chi connectivity index (χ0) is 68.4. The highest BCUT2D eigenvalue weighted by Crippen LogP contribution is 2.20. The van der Waals surface area contributed by atoms with Crippen molar-refractivity contribution >= 4 is 11.9 Å². The third-order valence-corrected chi connectivity index (χ3v) is 20.6. The minimum Gasteiger partial charge on any atom is -0.466 e. The van der Waals surface area contributed by atoms with Crippen LogP contribution in [0.15, 0.2) is 36.5 Å². The summed E-state index contributed by atoms with van der Waals surface area (Å²) in [5.41, 5.74) is 0. The van der Waals surface area contributed by atoms with Crippen LogP contribution in [0.4, 0.5) is 0 Å². The normalized spacial score (nSPS) is 12.6. The molecule has 6 nitrogen and oxygen atoms in total. The molecule has 562 valence electrons. The number of ether oxygens (including phenoxy) is 1. The van der Waals surface area contributed by atoms with E-state index in [4.69, 9.17) is 4.74 Å². The SMILES string of the molecule is CCCCCCCC/C=C\CCCCCCCCCCCC(=O)OCCCCCCCCCCCCCCCC/C=C\CCCCCCCCCCCCCCCCCCCC(=O)NC(CO)C(O)/C=C/CCCCCCCCCCCCCCCCCCCCCCCC. The molecule has 0 heterocycles. The lowest BCUT2D eigenvalue weighted by molar-refractivity contribution is -0.143. The van der Waals surface area contributed by atoms with Crippen molar-refractivity contribution in [1.82, 2.24) is 5.32 Å². The highest BCUT2D eigenvalue weighted by atomic mass is 16.5. The first-order valence-corrected chi connectivity index (χ1v) is 43.8. The summed E-state index contributed by atoms with van der Waals surface area (Å²) in [5, 5.41) is 23.3. The van der Waals surface area contributed by atoms with E-state index < -0.39 is 12.1 Å². The van der Waals surface area contributed by atoms with Gasteiger partial charge in [-0.3, -0.25) is 9.59 Å². The van der Waals surface area contributed by atoms with Crippen LogP contribution in [-0.2, 0) is 14.3 Å². The molecule has 2 unspecified atom stereocenters. The first-order valence-electron chi connectivity index (χ1n) is 43.8. The summed E-state index contributed by atoms with van der Waals surface area (Å²) in [7, 11) is 0. The van der Waals surface area contributed by atoms with E-state index in [1.54, 1.807) is 6.08 Å². The molecule has 0 fully saturated rings. The fourth-order valence-corrected chi connectivity index (χ4v) is 14.0. The molecule has 0 spiro atoms. The summed E-state index contributed by atoms with van der Waals surface area (Å²) < 4.78 is 5.52. The van der Waals surface area contributed by atoms with Gasteiger partial charge in [-0.2, -0.15) is 0 Å². The third-order valence-electron chi connectivity index (χ3n) is 20.6. The number of esters is 1. The summed E-state index contributed by atoms with van der Waals surface area (Å²) in [5.74, 6) is -0.0382. The van der Waals surface area contributed by atoms with Crippen LogP contribution in [0.3, 0.4) is 0 Å². The molecule has 0 rings (SSSR count).